The minimum atomic E-state index is -1.03. The van der Waals surface area contributed by atoms with Crippen molar-refractivity contribution >= 4 is 5.97 Å². The van der Waals surface area contributed by atoms with E-state index < -0.39 is 12.1 Å². The molecule has 0 aromatic carbocycles. The van der Waals surface area contributed by atoms with Crippen molar-refractivity contribution in [2.45, 2.75) is 90.1 Å². The van der Waals surface area contributed by atoms with Crippen molar-refractivity contribution in [3.05, 3.63) is 0 Å². The Kier molecular flexibility index (Phi) is 18.2. The normalized spacial score (nSPS) is 12.4. The summed E-state index contributed by atoms with van der Waals surface area (Å²) >= 11 is 0. The van der Waals surface area contributed by atoms with Gasteiger partial charge in [0.2, 0.25) is 0 Å². The lowest BCUT2D eigenvalue weighted by atomic mass is 10.1. The van der Waals surface area contributed by atoms with Crippen LogP contribution in [0.2, 0.25) is 0 Å². The van der Waals surface area contributed by atoms with Crippen molar-refractivity contribution in [1.82, 2.24) is 0 Å². The minimum absolute atomic E-state index is 0.00471. The lowest BCUT2D eigenvalue weighted by Crippen LogP contribution is -2.23. The van der Waals surface area contributed by atoms with Crippen LogP contribution in [0.1, 0.15) is 84.0 Å². The number of ether oxygens (including phenoxy) is 2. The number of aliphatic hydroxyl groups is 1. The summed E-state index contributed by atoms with van der Waals surface area (Å²) in [5.74, 6) is -1.03. The van der Waals surface area contributed by atoms with Gasteiger partial charge in [0, 0.05) is 6.61 Å². The molecule has 0 fully saturated rings. The van der Waals surface area contributed by atoms with Crippen LogP contribution in [0.4, 0.5) is 0 Å². The van der Waals surface area contributed by atoms with Gasteiger partial charge in [0.1, 0.15) is 12.7 Å². The maximum atomic E-state index is 10.2. The molecule has 0 heterocycles. The molecule has 0 aliphatic carbocycles. The zero-order chi connectivity index (χ0) is 17.9. The largest absolute Gasteiger partial charge is 0.480 e. The summed E-state index contributed by atoms with van der Waals surface area (Å²) in [6.45, 7) is 2.73. The first-order chi connectivity index (χ1) is 11.7. The second-order valence-corrected chi connectivity index (χ2v) is 6.53. The van der Waals surface area contributed by atoms with Crippen LogP contribution in [0.5, 0.6) is 0 Å². The third-order valence-electron chi connectivity index (χ3n) is 3.99. The molecular formula is C19H38O5. The van der Waals surface area contributed by atoms with E-state index in [2.05, 4.69) is 6.92 Å². The Bertz CT molecular complexity index is 270. The first-order valence-corrected chi connectivity index (χ1v) is 9.72. The maximum Gasteiger partial charge on any atom is 0.329 e. The van der Waals surface area contributed by atoms with Crippen molar-refractivity contribution in [2.24, 2.45) is 0 Å². The number of hydrogen-bond donors (Lipinski definition) is 2. The smallest absolute Gasteiger partial charge is 0.329 e. The first-order valence-electron chi connectivity index (χ1n) is 9.72. The fourth-order valence-electron chi connectivity index (χ4n) is 2.59. The van der Waals surface area contributed by atoms with E-state index in [0.29, 0.717) is 6.61 Å². The van der Waals surface area contributed by atoms with Gasteiger partial charge in [-0.25, -0.2) is 4.79 Å². The number of unbranched alkanes of at least 4 members (excludes halogenated alkanes) is 11. The highest BCUT2D eigenvalue weighted by atomic mass is 16.5. The molecule has 144 valence electrons. The topological polar surface area (TPSA) is 76.0 Å². The Labute approximate surface area is 147 Å². The Hall–Kier alpha value is -0.650. The molecule has 0 saturated heterocycles. The van der Waals surface area contributed by atoms with Crippen LogP contribution in [0, 0.1) is 0 Å². The molecule has 0 aliphatic heterocycles. The predicted molar refractivity (Wildman–Crippen MR) is 96.4 cm³/mol. The van der Waals surface area contributed by atoms with Gasteiger partial charge in [-0.3, -0.25) is 0 Å². The van der Waals surface area contributed by atoms with Crippen molar-refractivity contribution < 1.29 is 24.5 Å². The molecule has 5 nitrogen and oxygen atoms in total. The molecule has 0 bridgehead atoms. The van der Waals surface area contributed by atoms with Gasteiger partial charge in [-0.05, 0) is 6.42 Å². The highest BCUT2D eigenvalue weighted by molar-refractivity contribution is 5.67. The maximum absolute atomic E-state index is 10.2. The van der Waals surface area contributed by atoms with Crippen molar-refractivity contribution in [2.75, 3.05) is 26.4 Å². The highest BCUT2D eigenvalue weighted by Gasteiger charge is 2.05. The van der Waals surface area contributed by atoms with Crippen LogP contribution in [-0.4, -0.2) is 48.7 Å². The molecule has 0 radical (unpaired) electrons. The zero-order valence-corrected chi connectivity index (χ0v) is 15.5. The van der Waals surface area contributed by atoms with Gasteiger partial charge in [0.25, 0.3) is 0 Å². The monoisotopic (exact) mass is 346 g/mol. The second-order valence-electron chi connectivity index (χ2n) is 6.53. The van der Waals surface area contributed by atoms with Gasteiger partial charge in [-0.15, -0.1) is 0 Å². The van der Waals surface area contributed by atoms with E-state index in [0.717, 1.165) is 6.42 Å². The molecule has 5 heteroatoms. The Balaban J connectivity index is 3.10. The molecule has 24 heavy (non-hydrogen) atoms. The molecule has 0 aromatic rings. The molecule has 0 saturated carbocycles. The van der Waals surface area contributed by atoms with Gasteiger partial charge in [0.05, 0.1) is 13.2 Å². The van der Waals surface area contributed by atoms with Gasteiger partial charge >= 0.3 is 5.97 Å². The Morgan fingerprint density at radius 1 is 0.792 bits per heavy atom. The van der Waals surface area contributed by atoms with Gasteiger partial charge < -0.3 is 19.7 Å². The number of carboxylic acids is 1. The minimum Gasteiger partial charge on any atom is -0.480 e. The summed E-state index contributed by atoms with van der Waals surface area (Å²) in [7, 11) is 0. The molecule has 0 rings (SSSR count). The standard InChI is InChI=1S/C19H38O5/c1-2-3-4-5-6-7-8-9-10-11-12-13-14-23-15-18(20)16-24-17-19(21)22/h18,20H,2-17H2,1H3,(H,21,22). The van der Waals surface area contributed by atoms with Crippen molar-refractivity contribution in [1.29, 1.82) is 0 Å². The van der Waals surface area contributed by atoms with Gasteiger partial charge in [0.15, 0.2) is 0 Å². The SMILES string of the molecule is CCCCCCCCCCCCCCOCC(O)COCC(=O)O. The molecular weight excluding hydrogens is 308 g/mol. The van der Waals surface area contributed by atoms with Crippen LogP contribution in [0.3, 0.4) is 0 Å². The lowest BCUT2D eigenvalue weighted by Gasteiger charge is -2.11. The quantitative estimate of drug-likeness (QED) is 0.343. The Morgan fingerprint density at radius 3 is 1.75 bits per heavy atom. The predicted octanol–water partition coefficient (Wildman–Crippen LogP) is 4.17. The van der Waals surface area contributed by atoms with Crippen molar-refractivity contribution in [3.63, 3.8) is 0 Å². The fraction of sp³-hybridized carbons (Fsp3) is 0.947. The summed E-state index contributed by atoms with van der Waals surface area (Å²) in [6.07, 6.45) is 15.0. The first kappa shape index (κ1) is 23.4. The number of aliphatic carboxylic acids is 1. The summed E-state index contributed by atoms with van der Waals surface area (Å²) in [4.78, 5) is 10.2. The number of hydrogen-bond acceptors (Lipinski definition) is 4. The molecule has 0 aromatic heterocycles. The second kappa shape index (κ2) is 18.7. The van der Waals surface area contributed by atoms with Crippen LogP contribution >= 0.6 is 0 Å². The van der Waals surface area contributed by atoms with E-state index in [1.807, 2.05) is 0 Å². The van der Waals surface area contributed by atoms with Crippen LogP contribution < -0.4 is 0 Å². The molecule has 1 unspecified atom stereocenters. The number of aliphatic hydroxyl groups excluding tert-OH is 1. The average molecular weight is 347 g/mol. The summed E-state index contributed by atoms with van der Waals surface area (Å²) in [5.41, 5.74) is 0. The van der Waals surface area contributed by atoms with Gasteiger partial charge in [-0.1, -0.05) is 77.6 Å². The molecule has 0 amide bonds. The summed E-state index contributed by atoms with van der Waals surface area (Å²) < 4.78 is 10.2. The van der Waals surface area contributed by atoms with E-state index >= 15 is 0 Å². The van der Waals surface area contributed by atoms with Crippen LogP contribution in [0.15, 0.2) is 0 Å². The molecule has 1 atom stereocenters. The summed E-state index contributed by atoms with van der Waals surface area (Å²) in [6, 6.07) is 0. The van der Waals surface area contributed by atoms with E-state index in [-0.39, 0.29) is 19.8 Å². The van der Waals surface area contributed by atoms with Crippen molar-refractivity contribution in [3.8, 4) is 0 Å². The summed E-state index contributed by atoms with van der Waals surface area (Å²) in [5, 5.41) is 17.9. The number of rotatable bonds is 19. The third kappa shape index (κ3) is 19.4. The van der Waals surface area contributed by atoms with E-state index in [1.165, 1.54) is 70.6 Å². The van der Waals surface area contributed by atoms with E-state index in [4.69, 9.17) is 14.6 Å². The Morgan fingerprint density at radius 2 is 1.25 bits per heavy atom. The number of carboxylic acid groups (broad SMARTS) is 1. The highest BCUT2D eigenvalue weighted by Crippen LogP contribution is 2.11. The molecule has 2 N–H and O–H groups in total. The van der Waals surface area contributed by atoms with Gasteiger partial charge in [-0.2, -0.15) is 0 Å². The fourth-order valence-corrected chi connectivity index (χ4v) is 2.59. The lowest BCUT2D eigenvalue weighted by molar-refractivity contribution is -0.143. The molecule has 0 aliphatic rings. The van der Waals surface area contributed by atoms with Crippen LogP contribution in [0.25, 0.3) is 0 Å². The third-order valence-corrected chi connectivity index (χ3v) is 3.99. The van der Waals surface area contributed by atoms with E-state index in [9.17, 15) is 9.90 Å². The number of carbonyl (C=O) groups is 1. The molecule has 0 spiro atoms. The zero-order valence-electron chi connectivity index (χ0n) is 15.5. The van der Waals surface area contributed by atoms with E-state index in [1.54, 1.807) is 0 Å². The van der Waals surface area contributed by atoms with Crippen LogP contribution in [-0.2, 0) is 14.3 Å². The average Bonchev–Trinajstić information content (AvgIpc) is 2.55.